The van der Waals surface area contributed by atoms with Crippen LogP contribution in [0.1, 0.15) is 29.5 Å². The fraction of sp³-hybridized carbons (Fsp3) is 0.438. The van der Waals surface area contributed by atoms with Crippen LogP contribution in [0.2, 0.25) is 5.02 Å². The third-order valence-electron chi connectivity index (χ3n) is 3.75. The molecule has 3 heterocycles. The van der Waals surface area contributed by atoms with Crippen LogP contribution < -0.4 is 10.2 Å². The van der Waals surface area contributed by atoms with Crippen molar-refractivity contribution in [3.63, 3.8) is 0 Å². The van der Waals surface area contributed by atoms with Gasteiger partial charge in [0, 0.05) is 24.5 Å². The quantitative estimate of drug-likeness (QED) is 0.848. The Hall–Kier alpha value is -1.10. The number of pyridine rings is 1. The van der Waals surface area contributed by atoms with Gasteiger partial charge < -0.3 is 10.2 Å². The molecule has 2 aromatic rings. The smallest absolute Gasteiger partial charge is 0.129 e. The second kappa shape index (κ2) is 6.77. The van der Waals surface area contributed by atoms with Gasteiger partial charge in [-0.25, -0.2) is 4.98 Å². The van der Waals surface area contributed by atoms with Crippen molar-refractivity contribution >= 4 is 28.8 Å². The van der Waals surface area contributed by atoms with Gasteiger partial charge in [0.25, 0.3) is 0 Å². The number of thiophene rings is 1. The molecule has 0 amide bonds. The lowest BCUT2D eigenvalue weighted by Crippen LogP contribution is -2.30. The van der Waals surface area contributed by atoms with Gasteiger partial charge in [-0.1, -0.05) is 18.5 Å². The number of rotatable bonds is 5. The molecule has 0 aliphatic carbocycles. The van der Waals surface area contributed by atoms with E-state index < -0.39 is 0 Å². The molecule has 0 fully saturated rings. The van der Waals surface area contributed by atoms with Crippen molar-refractivity contribution in [2.75, 3.05) is 18.0 Å². The maximum atomic E-state index is 6.26. The topological polar surface area (TPSA) is 28.2 Å². The molecular formula is C16H20ClN3S. The summed E-state index contributed by atoms with van der Waals surface area (Å²) in [5.41, 5.74) is 2.38. The maximum Gasteiger partial charge on any atom is 0.129 e. The third-order valence-corrected chi connectivity index (χ3v) is 5.12. The molecule has 2 aromatic heterocycles. The summed E-state index contributed by atoms with van der Waals surface area (Å²) in [4.78, 5) is 8.62. The average Bonchev–Trinajstić information content (AvgIpc) is 2.97. The lowest BCUT2D eigenvalue weighted by atomic mass is 10.1. The summed E-state index contributed by atoms with van der Waals surface area (Å²) < 4.78 is 0. The number of anilines is 1. The molecule has 3 rings (SSSR count). The van der Waals surface area contributed by atoms with Gasteiger partial charge in [-0.2, -0.15) is 0 Å². The molecule has 1 N–H and O–H groups in total. The summed E-state index contributed by atoms with van der Waals surface area (Å²) in [5, 5.41) is 6.30. The Morgan fingerprint density at radius 3 is 3.14 bits per heavy atom. The van der Waals surface area contributed by atoms with E-state index in [1.807, 2.05) is 23.5 Å². The number of nitrogens with one attached hydrogen (secondary N) is 1. The van der Waals surface area contributed by atoms with E-state index in [0.29, 0.717) is 0 Å². The number of hydrogen-bond donors (Lipinski definition) is 1. The van der Waals surface area contributed by atoms with Crippen molar-refractivity contribution in [3.05, 3.63) is 44.7 Å². The first-order valence-corrected chi connectivity index (χ1v) is 8.70. The summed E-state index contributed by atoms with van der Waals surface area (Å²) in [6.07, 6.45) is 2.23. The molecule has 0 aromatic carbocycles. The highest BCUT2D eigenvalue weighted by Gasteiger charge is 2.19. The van der Waals surface area contributed by atoms with E-state index >= 15 is 0 Å². The second-order valence-electron chi connectivity index (χ2n) is 5.32. The number of nitrogens with zero attached hydrogens (tertiary/aromatic N) is 2. The van der Waals surface area contributed by atoms with Gasteiger partial charge in [-0.05, 0) is 48.5 Å². The minimum Gasteiger partial charge on any atom is -0.352 e. The molecule has 112 valence electrons. The molecule has 5 heteroatoms. The minimum absolute atomic E-state index is 0.734. The van der Waals surface area contributed by atoms with Crippen molar-refractivity contribution in [1.82, 2.24) is 10.3 Å². The SMILES string of the molecule is CCCNCc1nc(N2CCc3sccc3C2)ccc1Cl. The molecule has 0 atom stereocenters. The Bertz CT molecular complexity index is 611. The van der Waals surface area contributed by atoms with Crippen LogP contribution in [-0.2, 0) is 19.5 Å². The van der Waals surface area contributed by atoms with Crippen LogP contribution in [0.5, 0.6) is 0 Å². The molecule has 0 spiro atoms. The van der Waals surface area contributed by atoms with Crippen LogP contribution >= 0.6 is 22.9 Å². The zero-order valence-corrected chi connectivity index (χ0v) is 13.8. The van der Waals surface area contributed by atoms with Crippen LogP contribution in [-0.4, -0.2) is 18.1 Å². The summed E-state index contributed by atoms with van der Waals surface area (Å²) >= 11 is 8.12. The fourth-order valence-corrected chi connectivity index (χ4v) is 3.66. The Kier molecular flexibility index (Phi) is 4.78. The number of halogens is 1. The Balaban J connectivity index is 1.75. The van der Waals surface area contributed by atoms with Gasteiger partial charge in [0.15, 0.2) is 0 Å². The van der Waals surface area contributed by atoms with Gasteiger partial charge >= 0.3 is 0 Å². The van der Waals surface area contributed by atoms with E-state index in [0.717, 1.165) is 55.6 Å². The Morgan fingerprint density at radius 2 is 2.29 bits per heavy atom. The van der Waals surface area contributed by atoms with Gasteiger partial charge in [-0.3, -0.25) is 0 Å². The lowest BCUT2D eigenvalue weighted by molar-refractivity contribution is 0.660. The molecule has 0 radical (unpaired) electrons. The first-order valence-electron chi connectivity index (χ1n) is 7.44. The first-order chi connectivity index (χ1) is 10.3. The van der Waals surface area contributed by atoms with Crippen LogP contribution in [0.3, 0.4) is 0 Å². The second-order valence-corrected chi connectivity index (χ2v) is 6.72. The minimum atomic E-state index is 0.734. The highest BCUT2D eigenvalue weighted by molar-refractivity contribution is 7.10. The summed E-state index contributed by atoms with van der Waals surface area (Å²) in [5.74, 6) is 1.03. The van der Waals surface area contributed by atoms with E-state index in [2.05, 4.69) is 28.6 Å². The molecule has 21 heavy (non-hydrogen) atoms. The molecule has 0 saturated heterocycles. The molecule has 3 nitrogen and oxygen atoms in total. The molecule has 0 bridgehead atoms. The number of hydrogen-bond acceptors (Lipinski definition) is 4. The zero-order valence-electron chi connectivity index (χ0n) is 12.2. The average molecular weight is 322 g/mol. The molecule has 1 aliphatic rings. The van der Waals surface area contributed by atoms with E-state index in [-0.39, 0.29) is 0 Å². The first kappa shape index (κ1) is 14.8. The van der Waals surface area contributed by atoms with Gasteiger partial charge in [0.2, 0.25) is 0 Å². The van der Waals surface area contributed by atoms with E-state index in [4.69, 9.17) is 16.6 Å². The van der Waals surface area contributed by atoms with Crippen LogP contribution in [0.15, 0.2) is 23.6 Å². The normalized spacial score (nSPS) is 14.3. The molecular weight excluding hydrogens is 302 g/mol. The van der Waals surface area contributed by atoms with Crippen LogP contribution in [0.25, 0.3) is 0 Å². The number of fused-ring (bicyclic) bond motifs is 1. The largest absolute Gasteiger partial charge is 0.352 e. The Morgan fingerprint density at radius 1 is 1.38 bits per heavy atom. The molecule has 0 saturated carbocycles. The monoisotopic (exact) mass is 321 g/mol. The van der Waals surface area contributed by atoms with Gasteiger partial charge in [-0.15, -0.1) is 11.3 Å². The van der Waals surface area contributed by atoms with Crippen molar-refractivity contribution in [2.45, 2.75) is 32.9 Å². The number of aromatic nitrogens is 1. The molecule has 0 unspecified atom stereocenters. The summed E-state index contributed by atoms with van der Waals surface area (Å²) in [7, 11) is 0. The maximum absolute atomic E-state index is 6.26. The van der Waals surface area contributed by atoms with Crippen LogP contribution in [0.4, 0.5) is 5.82 Å². The zero-order chi connectivity index (χ0) is 14.7. The highest BCUT2D eigenvalue weighted by atomic mass is 35.5. The van der Waals surface area contributed by atoms with Crippen LogP contribution in [0, 0.1) is 0 Å². The van der Waals surface area contributed by atoms with Crippen molar-refractivity contribution < 1.29 is 0 Å². The predicted molar refractivity (Wildman–Crippen MR) is 90.3 cm³/mol. The van der Waals surface area contributed by atoms with E-state index in [9.17, 15) is 0 Å². The van der Waals surface area contributed by atoms with Gasteiger partial charge in [0.1, 0.15) is 5.82 Å². The molecule has 1 aliphatic heterocycles. The standard InChI is InChI=1S/C16H20ClN3S/c1-2-7-18-10-14-13(17)3-4-16(19-14)20-8-5-15-12(11-20)6-9-21-15/h3-4,6,9,18H,2,5,7-8,10-11H2,1H3. The van der Waals surface area contributed by atoms with Crippen molar-refractivity contribution in [3.8, 4) is 0 Å². The summed E-state index contributed by atoms with van der Waals surface area (Å²) in [6.45, 7) is 5.87. The van der Waals surface area contributed by atoms with E-state index in [1.165, 1.54) is 10.4 Å². The van der Waals surface area contributed by atoms with Gasteiger partial charge in [0.05, 0.1) is 10.7 Å². The lowest BCUT2D eigenvalue weighted by Gasteiger charge is -2.28. The van der Waals surface area contributed by atoms with Crippen molar-refractivity contribution in [1.29, 1.82) is 0 Å². The van der Waals surface area contributed by atoms with E-state index in [1.54, 1.807) is 0 Å². The Labute approximate surface area is 135 Å². The highest BCUT2D eigenvalue weighted by Crippen LogP contribution is 2.28. The summed E-state index contributed by atoms with van der Waals surface area (Å²) in [6, 6.07) is 6.23. The fourth-order valence-electron chi connectivity index (χ4n) is 2.60. The third kappa shape index (κ3) is 3.39. The van der Waals surface area contributed by atoms with Crippen molar-refractivity contribution in [2.24, 2.45) is 0 Å². The predicted octanol–water partition coefficient (Wildman–Crippen LogP) is 3.86.